The topological polar surface area (TPSA) is 46.3 Å². The van der Waals surface area contributed by atoms with Crippen LogP contribution < -0.4 is 5.73 Å². The van der Waals surface area contributed by atoms with E-state index in [-0.39, 0.29) is 17.8 Å². The number of nitrogens with two attached hydrogens (primary N) is 1. The quantitative estimate of drug-likeness (QED) is 0.869. The molecule has 118 valence electrons. The Hall–Kier alpha value is -0.280. The maximum absolute atomic E-state index is 12.7. The van der Waals surface area contributed by atoms with Crippen molar-refractivity contribution in [3.8, 4) is 0 Å². The van der Waals surface area contributed by atoms with Gasteiger partial charge < -0.3 is 10.6 Å². The van der Waals surface area contributed by atoms with E-state index in [4.69, 9.17) is 5.73 Å². The summed E-state index contributed by atoms with van der Waals surface area (Å²) in [5.74, 6) is 0.990. The second-order valence-corrected chi connectivity index (χ2v) is 6.89. The third-order valence-electron chi connectivity index (χ3n) is 5.57. The normalized spacial score (nSPS) is 29.6. The SMILES string of the molecule is CC1CCCN(C(=O)CC2(CN)CCCCC2)C1C.Cl. The molecule has 0 aromatic carbocycles. The lowest BCUT2D eigenvalue weighted by atomic mass is 9.71. The molecule has 3 nitrogen and oxygen atoms in total. The van der Waals surface area contributed by atoms with Gasteiger partial charge in [0.1, 0.15) is 0 Å². The van der Waals surface area contributed by atoms with E-state index in [1.165, 1.54) is 25.7 Å². The molecule has 2 N–H and O–H groups in total. The molecule has 0 aromatic heterocycles. The van der Waals surface area contributed by atoms with Gasteiger partial charge in [0.25, 0.3) is 0 Å². The zero-order chi connectivity index (χ0) is 13.9. The Morgan fingerprint density at radius 2 is 1.85 bits per heavy atom. The summed E-state index contributed by atoms with van der Waals surface area (Å²) in [5, 5.41) is 0. The van der Waals surface area contributed by atoms with Crippen molar-refractivity contribution >= 4 is 18.3 Å². The molecule has 2 fully saturated rings. The van der Waals surface area contributed by atoms with Crippen molar-refractivity contribution in [1.29, 1.82) is 0 Å². The molecular formula is C16H31ClN2O. The van der Waals surface area contributed by atoms with Gasteiger partial charge in [-0.05, 0) is 50.5 Å². The predicted octanol–water partition coefficient (Wildman–Crippen LogP) is 3.35. The largest absolute Gasteiger partial charge is 0.340 e. The molecule has 2 atom stereocenters. The highest BCUT2D eigenvalue weighted by molar-refractivity contribution is 5.85. The van der Waals surface area contributed by atoms with Crippen molar-refractivity contribution in [2.24, 2.45) is 17.1 Å². The van der Waals surface area contributed by atoms with Crippen LogP contribution >= 0.6 is 12.4 Å². The summed E-state index contributed by atoms with van der Waals surface area (Å²) >= 11 is 0. The number of amides is 1. The predicted molar refractivity (Wildman–Crippen MR) is 86.0 cm³/mol. The first-order chi connectivity index (χ1) is 9.08. The first-order valence-corrected chi connectivity index (χ1v) is 8.07. The average Bonchev–Trinajstić information content (AvgIpc) is 2.42. The second-order valence-electron chi connectivity index (χ2n) is 6.89. The minimum atomic E-state index is 0. The van der Waals surface area contributed by atoms with Crippen molar-refractivity contribution in [3.05, 3.63) is 0 Å². The third kappa shape index (κ3) is 3.88. The Labute approximate surface area is 130 Å². The van der Waals surface area contributed by atoms with Crippen molar-refractivity contribution in [2.75, 3.05) is 13.1 Å². The summed E-state index contributed by atoms with van der Waals surface area (Å²) in [7, 11) is 0. The lowest BCUT2D eigenvalue weighted by molar-refractivity contribution is -0.138. The van der Waals surface area contributed by atoms with Crippen molar-refractivity contribution in [3.63, 3.8) is 0 Å². The molecule has 1 aliphatic carbocycles. The fourth-order valence-corrected chi connectivity index (χ4v) is 3.86. The van der Waals surface area contributed by atoms with Crippen LogP contribution in [0.3, 0.4) is 0 Å². The van der Waals surface area contributed by atoms with E-state index in [0.29, 0.717) is 30.8 Å². The molecule has 0 radical (unpaired) electrons. The van der Waals surface area contributed by atoms with Crippen LogP contribution in [0, 0.1) is 11.3 Å². The van der Waals surface area contributed by atoms with E-state index in [1.807, 2.05) is 0 Å². The van der Waals surface area contributed by atoms with Crippen LogP contribution in [0.2, 0.25) is 0 Å². The molecular weight excluding hydrogens is 272 g/mol. The van der Waals surface area contributed by atoms with Gasteiger partial charge in [-0.3, -0.25) is 4.79 Å². The highest BCUT2D eigenvalue weighted by atomic mass is 35.5. The number of rotatable bonds is 3. The van der Waals surface area contributed by atoms with Crippen LogP contribution in [0.25, 0.3) is 0 Å². The number of carbonyl (C=O) groups is 1. The number of nitrogens with zero attached hydrogens (tertiary/aromatic N) is 1. The number of carbonyl (C=O) groups excluding carboxylic acids is 1. The summed E-state index contributed by atoms with van der Waals surface area (Å²) in [6, 6.07) is 0.402. The summed E-state index contributed by atoms with van der Waals surface area (Å²) in [6.45, 7) is 6.10. The van der Waals surface area contributed by atoms with Crippen LogP contribution in [-0.4, -0.2) is 29.9 Å². The second kappa shape index (κ2) is 7.65. The number of hydrogen-bond donors (Lipinski definition) is 1. The molecule has 1 saturated carbocycles. The molecule has 1 aliphatic heterocycles. The highest BCUT2D eigenvalue weighted by Crippen LogP contribution is 2.39. The van der Waals surface area contributed by atoms with Gasteiger partial charge in [0.15, 0.2) is 0 Å². The molecule has 2 aliphatic rings. The van der Waals surface area contributed by atoms with Gasteiger partial charge in [0.05, 0.1) is 0 Å². The molecule has 1 heterocycles. The maximum atomic E-state index is 12.7. The summed E-state index contributed by atoms with van der Waals surface area (Å²) in [6.07, 6.45) is 9.19. The lowest BCUT2D eigenvalue weighted by Gasteiger charge is -2.42. The fraction of sp³-hybridized carbons (Fsp3) is 0.938. The van der Waals surface area contributed by atoms with E-state index in [1.54, 1.807) is 0 Å². The Morgan fingerprint density at radius 3 is 2.45 bits per heavy atom. The molecule has 0 bridgehead atoms. The van der Waals surface area contributed by atoms with E-state index in [0.717, 1.165) is 25.8 Å². The van der Waals surface area contributed by atoms with E-state index in [2.05, 4.69) is 18.7 Å². The first-order valence-electron chi connectivity index (χ1n) is 8.07. The molecule has 2 rings (SSSR count). The number of likely N-dealkylation sites (tertiary alicyclic amines) is 1. The Morgan fingerprint density at radius 1 is 1.20 bits per heavy atom. The molecule has 1 saturated heterocycles. The Bertz CT molecular complexity index is 316. The lowest BCUT2D eigenvalue weighted by Crippen LogP contribution is -2.48. The van der Waals surface area contributed by atoms with E-state index in [9.17, 15) is 4.79 Å². The molecule has 2 unspecified atom stereocenters. The van der Waals surface area contributed by atoms with Crippen LogP contribution in [0.5, 0.6) is 0 Å². The minimum Gasteiger partial charge on any atom is -0.340 e. The molecule has 20 heavy (non-hydrogen) atoms. The standard InChI is InChI=1S/C16H30N2O.ClH/c1-13-7-6-10-18(14(13)2)15(19)11-16(12-17)8-4-3-5-9-16;/h13-14H,3-12,17H2,1-2H3;1H. The highest BCUT2D eigenvalue weighted by Gasteiger charge is 2.36. The fourth-order valence-electron chi connectivity index (χ4n) is 3.86. The summed E-state index contributed by atoms with van der Waals surface area (Å²) in [4.78, 5) is 14.8. The zero-order valence-electron chi connectivity index (χ0n) is 13.1. The Kier molecular flexibility index (Phi) is 6.80. The van der Waals surface area contributed by atoms with Crippen LogP contribution in [0.4, 0.5) is 0 Å². The molecule has 4 heteroatoms. The van der Waals surface area contributed by atoms with Gasteiger partial charge >= 0.3 is 0 Å². The maximum Gasteiger partial charge on any atom is 0.223 e. The molecule has 0 aromatic rings. The smallest absolute Gasteiger partial charge is 0.223 e. The van der Waals surface area contributed by atoms with Crippen molar-refractivity contribution < 1.29 is 4.79 Å². The number of piperidine rings is 1. The van der Waals surface area contributed by atoms with Gasteiger partial charge in [0, 0.05) is 19.0 Å². The van der Waals surface area contributed by atoms with E-state index < -0.39 is 0 Å². The van der Waals surface area contributed by atoms with Gasteiger partial charge in [-0.1, -0.05) is 26.2 Å². The summed E-state index contributed by atoms with van der Waals surface area (Å²) < 4.78 is 0. The average molecular weight is 303 g/mol. The molecule has 0 spiro atoms. The van der Waals surface area contributed by atoms with Gasteiger partial charge in [-0.2, -0.15) is 0 Å². The van der Waals surface area contributed by atoms with E-state index >= 15 is 0 Å². The Balaban J connectivity index is 0.00000200. The van der Waals surface area contributed by atoms with Crippen LogP contribution in [0.1, 0.15) is 65.2 Å². The number of hydrogen-bond acceptors (Lipinski definition) is 2. The van der Waals surface area contributed by atoms with Gasteiger partial charge in [-0.15, -0.1) is 12.4 Å². The first kappa shape index (κ1) is 17.8. The number of halogens is 1. The van der Waals surface area contributed by atoms with Crippen LogP contribution in [-0.2, 0) is 4.79 Å². The van der Waals surface area contributed by atoms with Crippen molar-refractivity contribution in [1.82, 2.24) is 4.90 Å². The van der Waals surface area contributed by atoms with Crippen LogP contribution in [0.15, 0.2) is 0 Å². The zero-order valence-corrected chi connectivity index (χ0v) is 13.9. The third-order valence-corrected chi connectivity index (χ3v) is 5.57. The molecule has 1 amide bonds. The van der Waals surface area contributed by atoms with Crippen molar-refractivity contribution in [2.45, 2.75) is 71.3 Å². The monoisotopic (exact) mass is 302 g/mol. The summed E-state index contributed by atoms with van der Waals surface area (Å²) in [5.41, 5.74) is 6.11. The van der Waals surface area contributed by atoms with Gasteiger partial charge in [0.2, 0.25) is 5.91 Å². The minimum absolute atomic E-state index is 0. The van der Waals surface area contributed by atoms with Gasteiger partial charge in [-0.25, -0.2) is 0 Å².